The molecule has 0 aromatic heterocycles. The van der Waals surface area contributed by atoms with E-state index in [2.05, 4.69) is 10.6 Å². The summed E-state index contributed by atoms with van der Waals surface area (Å²) < 4.78 is 22.2. The molecule has 0 aliphatic heterocycles. The highest BCUT2D eigenvalue weighted by molar-refractivity contribution is 5.84. The molecular formula is C28H30N2O6. The Morgan fingerprint density at radius 3 is 2.22 bits per heavy atom. The molecule has 4 rings (SSSR count). The normalized spacial score (nSPS) is 14.0. The second-order valence-electron chi connectivity index (χ2n) is 8.45. The van der Waals surface area contributed by atoms with Gasteiger partial charge in [0.05, 0.1) is 40.2 Å². The Labute approximate surface area is 210 Å². The number of nitrogens with one attached hydrogen (secondary N) is 2. The molecule has 0 radical (unpaired) electrons. The van der Waals surface area contributed by atoms with Crippen molar-refractivity contribution in [2.24, 2.45) is 0 Å². The fourth-order valence-electron chi connectivity index (χ4n) is 4.64. The van der Waals surface area contributed by atoms with Crippen molar-refractivity contribution in [1.29, 1.82) is 0 Å². The van der Waals surface area contributed by atoms with Gasteiger partial charge in [-0.25, -0.2) is 0 Å². The average Bonchev–Trinajstić information content (AvgIpc) is 3.12. The molecule has 0 saturated carbocycles. The number of carbonyl (C=O) groups is 1. The van der Waals surface area contributed by atoms with Gasteiger partial charge in [-0.3, -0.25) is 9.59 Å². The summed E-state index contributed by atoms with van der Waals surface area (Å²) in [5.74, 6) is 2.08. The number of carbonyl (C=O) groups excluding carboxylic acids is 1. The van der Waals surface area contributed by atoms with E-state index in [0.717, 1.165) is 28.1 Å². The minimum Gasteiger partial charge on any atom is -0.497 e. The predicted molar refractivity (Wildman–Crippen MR) is 139 cm³/mol. The summed E-state index contributed by atoms with van der Waals surface area (Å²) in [5, 5.41) is 6.21. The predicted octanol–water partition coefficient (Wildman–Crippen LogP) is 4.62. The molecule has 0 fully saturated rings. The lowest BCUT2D eigenvalue weighted by atomic mass is 9.95. The van der Waals surface area contributed by atoms with Crippen molar-refractivity contribution in [2.75, 3.05) is 33.8 Å². The van der Waals surface area contributed by atoms with Gasteiger partial charge in [0.1, 0.15) is 5.75 Å². The Kier molecular flexibility index (Phi) is 7.33. The molecule has 0 bridgehead atoms. The fraction of sp³-hybridized carbons (Fsp3) is 0.286. The van der Waals surface area contributed by atoms with Crippen LogP contribution in [0.15, 0.2) is 53.3 Å². The van der Waals surface area contributed by atoms with Crippen LogP contribution in [0.25, 0.3) is 11.1 Å². The van der Waals surface area contributed by atoms with Gasteiger partial charge < -0.3 is 29.6 Å². The molecule has 188 valence electrons. The van der Waals surface area contributed by atoms with E-state index in [0.29, 0.717) is 41.3 Å². The summed E-state index contributed by atoms with van der Waals surface area (Å²) >= 11 is 0. The van der Waals surface area contributed by atoms with E-state index in [-0.39, 0.29) is 17.4 Å². The van der Waals surface area contributed by atoms with Gasteiger partial charge in [-0.2, -0.15) is 0 Å². The summed E-state index contributed by atoms with van der Waals surface area (Å²) in [5.41, 5.74) is 4.21. The van der Waals surface area contributed by atoms with Gasteiger partial charge in [-0.15, -0.1) is 0 Å². The Morgan fingerprint density at radius 1 is 0.889 bits per heavy atom. The van der Waals surface area contributed by atoms with Crippen LogP contribution in [0.5, 0.6) is 23.0 Å². The third kappa shape index (κ3) is 4.79. The van der Waals surface area contributed by atoms with E-state index in [1.165, 1.54) is 6.92 Å². The van der Waals surface area contributed by atoms with Crippen molar-refractivity contribution < 1.29 is 23.7 Å². The molecule has 2 N–H and O–H groups in total. The zero-order valence-corrected chi connectivity index (χ0v) is 21.1. The van der Waals surface area contributed by atoms with Crippen molar-refractivity contribution in [1.82, 2.24) is 5.32 Å². The number of hydrogen-bond donors (Lipinski definition) is 2. The molecular weight excluding hydrogens is 460 g/mol. The van der Waals surface area contributed by atoms with Crippen molar-refractivity contribution in [2.45, 2.75) is 25.8 Å². The zero-order valence-electron chi connectivity index (χ0n) is 21.1. The molecule has 8 nitrogen and oxygen atoms in total. The van der Waals surface area contributed by atoms with E-state index < -0.39 is 0 Å². The summed E-state index contributed by atoms with van der Waals surface area (Å²) in [7, 11) is 6.31. The number of rotatable bonds is 7. The zero-order chi connectivity index (χ0) is 25.8. The summed E-state index contributed by atoms with van der Waals surface area (Å²) in [6.45, 7) is 1.47. The maximum atomic E-state index is 13.4. The Morgan fingerprint density at radius 2 is 1.61 bits per heavy atom. The number of fused-ring (bicyclic) bond motifs is 3. The lowest BCUT2D eigenvalue weighted by Crippen LogP contribution is -2.26. The lowest BCUT2D eigenvalue weighted by Gasteiger charge is -2.19. The number of aryl methyl sites for hydroxylation is 1. The van der Waals surface area contributed by atoms with Gasteiger partial charge in [-0.05, 0) is 72.0 Å². The van der Waals surface area contributed by atoms with Crippen LogP contribution in [-0.2, 0) is 11.2 Å². The Hall–Kier alpha value is -4.20. The first-order chi connectivity index (χ1) is 17.4. The summed E-state index contributed by atoms with van der Waals surface area (Å²) in [6.07, 6.45) is 1.24. The first-order valence-corrected chi connectivity index (χ1v) is 11.6. The molecule has 8 heteroatoms. The number of amides is 1. The third-order valence-electron chi connectivity index (χ3n) is 6.29. The number of ether oxygens (including phenoxy) is 4. The molecule has 0 saturated heterocycles. The molecule has 3 aromatic rings. The maximum Gasteiger partial charge on any atom is 0.217 e. The summed E-state index contributed by atoms with van der Waals surface area (Å²) in [6, 6.07) is 14.1. The molecule has 0 heterocycles. The minimum atomic E-state index is -0.361. The average molecular weight is 491 g/mol. The highest BCUT2D eigenvalue weighted by atomic mass is 16.5. The minimum absolute atomic E-state index is 0.172. The maximum absolute atomic E-state index is 13.4. The highest BCUT2D eigenvalue weighted by Gasteiger charge is 2.29. The molecule has 1 aliphatic rings. The second kappa shape index (κ2) is 10.6. The third-order valence-corrected chi connectivity index (χ3v) is 6.29. The van der Waals surface area contributed by atoms with Gasteiger partial charge in [0.25, 0.3) is 0 Å². The SMILES string of the molecule is COc1ccc(Nc2ccc3c(cc2=O)[C@@H](NC(C)=O)CCc2cc(OC)c(OC)c(OC)c2-3)cc1. The molecule has 1 amide bonds. The molecule has 1 aliphatic carbocycles. The van der Waals surface area contributed by atoms with Crippen molar-refractivity contribution in [3.8, 4) is 34.1 Å². The van der Waals surface area contributed by atoms with Gasteiger partial charge in [0.15, 0.2) is 11.5 Å². The van der Waals surface area contributed by atoms with Crippen molar-refractivity contribution in [3.05, 3.63) is 69.9 Å². The van der Waals surface area contributed by atoms with Crippen molar-refractivity contribution >= 4 is 17.3 Å². The lowest BCUT2D eigenvalue weighted by molar-refractivity contribution is -0.119. The molecule has 3 aromatic carbocycles. The quantitative estimate of drug-likeness (QED) is 0.499. The van der Waals surface area contributed by atoms with Crippen LogP contribution in [-0.4, -0.2) is 34.3 Å². The number of hydrogen-bond acceptors (Lipinski definition) is 7. The number of anilines is 2. The second-order valence-corrected chi connectivity index (χ2v) is 8.45. The smallest absolute Gasteiger partial charge is 0.217 e. The standard InChI is InChI=1S/C28H30N2O6/c1-16(31)29-22-12-6-17-14-25(34-3)27(35-4)28(36-5)26(17)20-11-13-23(24(32)15-21(20)22)30-18-7-9-19(33-2)10-8-18/h7-11,13-15,22H,6,12H2,1-5H3,(H,29,31)(H,30,32)/t22-/m0/s1. The number of methoxy groups -OCH3 is 4. The van der Waals surface area contributed by atoms with Crippen LogP contribution in [0.3, 0.4) is 0 Å². The van der Waals surface area contributed by atoms with Crippen LogP contribution >= 0.6 is 0 Å². The van der Waals surface area contributed by atoms with Crippen LogP contribution in [0, 0.1) is 0 Å². The number of benzene rings is 2. The van der Waals surface area contributed by atoms with Crippen LogP contribution in [0.4, 0.5) is 11.4 Å². The molecule has 0 unspecified atom stereocenters. The van der Waals surface area contributed by atoms with E-state index in [1.54, 1.807) is 40.6 Å². The van der Waals surface area contributed by atoms with Gasteiger partial charge >= 0.3 is 0 Å². The van der Waals surface area contributed by atoms with Crippen LogP contribution < -0.4 is 35.0 Å². The fourth-order valence-corrected chi connectivity index (χ4v) is 4.64. The monoisotopic (exact) mass is 490 g/mol. The molecule has 36 heavy (non-hydrogen) atoms. The van der Waals surface area contributed by atoms with Crippen LogP contribution in [0.1, 0.15) is 30.5 Å². The van der Waals surface area contributed by atoms with E-state index in [1.807, 2.05) is 36.4 Å². The van der Waals surface area contributed by atoms with Gasteiger partial charge in [0.2, 0.25) is 17.1 Å². The largest absolute Gasteiger partial charge is 0.497 e. The summed E-state index contributed by atoms with van der Waals surface area (Å²) in [4.78, 5) is 25.5. The van der Waals surface area contributed by atoms with Crippen molar-refractivity contribution in [3.63, 3.8) is 0 Å². The topological polar surface area (TPSA) is 95.1 Å². The first-order valence-electron chi connectivity index (χ1n) is 11.6. The molecule has 1 atom stereocenters. The van der Waals surface area contributed by atoms with Gasteiger partial charge in [0, 0.05) is 18.2 Å². The molecule has 0 spiro atoms. The van der Waals surface area contributed by atoms with E-state index in [9.17, 15) is 9.59 Å². The van der Waals surface area contributed by atoms with E-state index in [4.69, 9.17) is 18.9 Å². The van der Waals surface area contributed by atoms with Gasteiger partial charge in [-0.1, -0.05) is 6.07 Å². The van der Waals surface area contributed by atoms with E-state index >= 15 is 0 Å². The Balaban J connectivity index is 1.94. The first kappa shape index (κ1) is 24.9. The highest BCUT2D eigenvalue weighted by Crippen LogP contribution is 2.50. The van der Waals surface area contributed by atoms with Crippen LogP contribution in [0.2, 0.25) is 0 Å². The Bertz CT molecular complexity index is 1340.